The number of sulfone groups is 1. The van der Waals surface area contributed by atoms with Gasteiger partial charge in [0.05, 0.1) is 11.0 Å². The fourth-order valence-corrected chi connectivity index (χ4v) is 3.02. The average molecular weight is 350 g/mol. The summed E-state index contributed by atoms with van der Waals surface area (Å²) in [7, 11) is -3.72. The highest BCUT2D eigenvalue weighted by atomic mass is 32.2. The second-order valence-electron chi connectivity index (χ2n) is 5.50. The summed E-state index contributed by atoms with van der Waals surface area (Å²) < 4.78 is 29.1. The maximum Gasteiger partial charge on any atom is 0.311 e. The molecule has 2 rings (SSSR count). The molecule has 0 heterocycles. The second-order valence-corrected chi connectivity index (χ2v) is 7.48. The van der Waals surface area contributed by atoms with Crippen molar-refractivity contribution in [2.45, 2.75) is 24.8 Å². The van der Waals surface area contributed by atoms with Crippen LogP contribution in [-0.4, -0.2) is 25.7 Å². The van der Waals surface area contributed by atoms with E-state index in [9.17, 15) is 18.5 Å². The number of hydrogen-bond donors (Lipinski definition) is 1. The smallest absolute Gasteiger partial charge is 0.311 e. The van der Waals surface area contributed by atoms with Crippen LogP contribution in [0.2, 0.25) is 0 Å². The number of hydrogen-bond acceptors (Lipinski definition) is 6. The normalized spacial score (nSPS) is 11.3. The van der Waals surface area contributed by atoms with Crippen LogP contribution in [0.5, 0.6) is 5.75 Å². The molecule has 0 saturated carbocycles. The van der Waals surface area contributed by atoms with Crippen LogP contribution >= 0.6 is 0 Å². The van der Waals surface area contributed by atoms with E-state index in [-0.39, 0.29) is 16.7 Å². The molecule has 0 fully saturated rings. The first kappa shape index (κ1) is 17.7. The van der Waals surface area contributed by atoms with Crippen molar-refractivity contribution in [1.82, 2.24) is 0 Å². The van der Waals surface area contributed by atoms with Crippen LogP contribution in [0.1, 0.15) is 13.8 Å². The van der Waals surface area contributed by atoms with Crippen molar-refractivity contribution < 1.29 is 18.1 Å². The van der Waals surface area contributed by atoms with Gasteiger partial charge in [0.2, 0.25) is 0 Å². The SMILES string of the molecule is CC(C)Oc1ccc(Nc2cccc(S(C)(=O)=O)c2[N+](=O)[O-])cc1. The quantitative estimate of drug-likeness (QED) is 0.632. The van der Waals surface area contributed by atoms with Crippen molar-refractivity contribution >= 4 is 26.9 Å². The fraction of sp³-hybridized carbons (Fsp3) is 0.250. The summed E-state index contributed by atoms with van der Waals surface area (Å²) in [6.07, 6.45) is 0.980. The van der Waals surface area contributed by atoms with Crippen molar-refractivity contribution in [3.8, 4) is 5.75 Å². The molecule has 1 N–H and O–H groups in total. The number of nitro groups is 1. The first-order chi connectivity index (χ1) is 11.2. The molecule has 2 aromatic rings. The Hall–Kier alpha value is -2.61. The lowest BCUT2D eigenvalue weighted by Crippen LogP contribution is -2.06. The standard InChI is InChI=1S/C16H18N2O5S/c1-11(2)23-13-9-7-12(8-10-13)17-14-5-4-6-15(24(3,21)22)16(14)18(19)20/h4-11,17H,1-3H3. The highest BCUT2D eigenvalue weighted by molar-refractivity contribution is 7.90. The molecule has 0 aliphatic heterocycles. The van der Waals surface area contributed by atoms with E-state index in [1.807, 2.05) is 13.8 Å². The van der Waals surface area contributed by atoms with Gasteiger partial charge in [-0.15, -0.1) is 0 Å². The largest absolute Gasteiger partial charge is 0.491 e. The van der Waals surface area contributed by atoms with Crippen LogP contribution in [0.25, 0.3) is 0 Å². The molecule has 0 aliphatic rings. The topological polar surface area (TPSA) is 98.5 Å². The lowest BCUT2D eigenvalue weighted by atomic mass is 10.2. The number of anilines is 2. The summed E-state index contributed by atoms with van der Waals surface area (Å²) in [5.74, 6) is 0.676. The Balaban J connectivity index is 2.38. The molecular weight excluding hydrogens is 332 g/mol. The van der Waals surface area contributed by atoms with Gasteiger partial charge in [0.25, 0.3) is 0 Å². The molecule has 0 bridgehead atoms. The van der Waals surface area contributed by atoms with E-state index < -0.39 is 20.4 Å². The zero-order valence-electron chi connectivity index (χ0n) is 13.5. The van der Waals surface area contributed by atoms with Crippen LogP contribution in [0.3, 0.4) is 0 Å². The number of nitrogens with one attached hydrogen (secondary N) is 1. The summed E-state index contributed by atoms with van der Waals surface area (Å²) in [6, 6.07) is 11.0. The van der Waals surface area contributed by atoms with Crippen molar-refractivity contribution in [1.29, 1.82) is 0 Å². The molecule has 128 valence electrons. The Morgan fingerprint density at radius 1 is 1.12 bits per heavy atom. The average Bonchev–Trinajstić information content (AvgIpc) is 2.47. The summed E-state index contributed by atoms with van der Waals surface area (Å²) >= 11 is 0. The Labute approximate surface area is 140 Å². The van der Waals surface area contributed by atoms with Crippen LogP contribution in [0.4, 0.5) is 17.1 Å². The van der Waals surface area contributed by atoms with Gasteiger partial charge in [0.1, 0.15) is 16.3 Å². The molecule has 0 spiro atoms. The van der Waals surface area contributed by atoms with Crippen molar-refractivity contribution in [2.24, 2.45) is 0 Å². The zero-order valence-corrected chi connectivity index (χ0v) is 14.3. The van der Waals surface area contributed by atoms with Gasteiger partial charge in [0.15, 0.2) is 9.84 Å². The van der Waals surface area contributed by atoms with Crippen molar-refractivity contribution in [3.63, 3.8) is 0 Å². The molecule has 0 aromatic heterocycles. The van der Waals surface area contributed by atoms with Crippen LogP contribution in [0.15, 0.2) is 47.4 Å². The fourth-order valence-electron chi connectivity index (χ4n) is 2.16. The van der Waals surface area contributed by atoms with E-state index in [4.69, 9.17) is 4.74 Å². The Morgan fingerprint density at radius 2 is 1.75 bits per heavy atom. The molecule has 0 saturated heterocycles. The molecule has 0 unspecified atom stereocenters. The van der Waals surface area contributed by atoms with Crippen LogP contribution in [-0.2, 0) is 9.84 Å². The molecule has 2 aromatic carbocycles. The predicted molar refractivity (Wildman–Crippen MR) is 91.7 cm³/mol. The second kappa shape index (κ2) is 6.88. The minimum atomic E-state index is -3.72. The highest BCUT2D eigenvalue weighted by Crippen LogP contribution is 2.34. The number of nitro benzene ring substituents is 1. The van der Waals surface area contributed by atoms with Crippen LogP contribution in [0, 0.1) is 10.1 Å². The summed E-state index contributed by atoms with van der Waals surface area (Å²) in [4.78, 5) is 10.3. The van der Waals surface area contributed by atoms with Crippen molar-refractivity contribution in [3.05, 3.63) is 52.6 Å². The summed E-state index contributed by atoms with van der Waals surface area (Å²) in [5, 5.41) is 14.2. The number of rotatable bonds is 6. The van der Waals surface area contributed by atoms with Gasteiger partial charge in [-0.05, 0) is 50.2 Å². The van der Waals surface area contributed by atoms with Gasteiger partial charge in [-0.1, -0.05) is 6.07 Å². The van der Waals surface area contributed by atoms with E-state index in [0.717, 1.165) is 6.26 Å². The maximum absolute atomic E-state index is 11.8. The van der Waals surface area contributed by atoms with E-state index in [1.165, 1.54) is 18.2 Å². The minimum absolute atomic E-state index is 0.0383. The van der Waals surface area contributed by atoms with E-state index >= 15 is 0 Å². The maximum atomic E-state index is 11.8. The van der Waals surface area contributed by atoms with E-state index in [0.29, 0.717) is 11.4 Å². The predicted octanol–water partition coefficient (Wildman–Crippen LogP) is 3.53. The Kier molecular flexibility index (Phi) is 5.08. The molecule has 0 aliphatic carbocycles. The van der Waals surface area contributed by atoms with E-state index in [2.05, 4.69) is 5.32 Å². The van der Waals surface area contributed by atoms with Gasteiger partial charge < -0.3 is 10.1 Å². The zero-order chi connectivity index (χ0) is 17.9. The molecule has 7 nitrogen and oxygen atoms in total. The van der Waals surface area contributed by atoms with E-state index in [1.54, 1.807) is 24.3 Å². The molecule has 24 heavy (non-hydrogen) atoms. The van der Waals surface area contributed by atoms with Gasteiger partial charge in [-0.25, -0.2) is 8.42 Å². The third kappa shape index (κ3) is 4.23. The number of nitrogens with zero attached hydrogens (tertiary/aromatic N) is 1. The molecule has 0 amide bonds. The molecule has 0 atom stereocenters. The summed E-state index contributed by atoms with van der Waals surface area (Å²) in [5.41, 5.74) is 0.225. The number of benzene rings is 2. The molecular formula is C16H18N2O5S. The third-order valence-corrected chi connectivity index (χ3v) is 4.21. The lowest BCUT2D eigenvalue weighted by molar-refractivity contribution is -0.386. The Morgan fingerprint density at radius 3 is 2.25 bits per heavy atom. The highest BCUT2D eigenvalue weighted by Gasteiger charge is 2.26. The Bertz CT molecular complexity index is 845. The number of ether oxygens (including phenoxy) is 1. The minimum Gasteiger partial charge on any atom is -0.491 e. The summed E-state index contributed by atoms with van der Waals surface area (Å²) in [6.45, 7) is 3.82. The number of para-hydroxylation sites is 1. The first-order valence-corrected chi connectivity index (χ1v) is 9.09. The monoisotopic (exact) mass is 350 g/mol. The third-order valence-electron chi connectivity index (χ3n) is 3.09. The van der Waals surface area contributed by atoms with Gasteiger partial charge >= 0.3 is 5.69 Å². The van der Waals surface area contributed by atoms with Crippen LogP contribution < -0.4 is 10.1 Å². The van der Waals surface area contributed by atoms with Gasteiger partial charge in [-0.2, -0.15) is 0 Å². The van der Waals surface area contributed by atoms with Gasteiger partial charge in [0, 0.05) is 11.9 Å². The van der Waals surface area contributed by atoms with Crippen molar-refractivity contribution in [2.75, 3.05) is 11.6 Å². The molecule has 8 heteroatoms. The first-order valence-electron chi connectivity index (χ1n) is 7.19. The lowest BCUT2D eigenvalue weighted by Gasteiger charge is -2.12. The molecule has 0 radical (unpaired) electrons. The van der Waals surface area contributed by atoms with Gasteiger partial charge in [-0.3, -0.25) is 10.1 Å².